The minimum Gasteiger partial charge on any atom is -0.165 e. The van der Waals surface area contributed by atoms with Gasteiger partial charge in [-0.1, -0.05) is 196 Å². The summed E-state index contributed by atoms with van der Waals surface area (Å²) in [4.78, 5) is 0. The van der Waals surface area contributed by atoms with Crippen LogP contribution < -0.4 is 0 Å². The Kier molecular flexibility index (Phi) is 16.5. The average Bonchev–Trinajstić information content (AvgIpc) is 3.76. The predicted molar refractivity (Wildman–Crippen MR) is 228 cm³/mol. The predicted octanol–water partition coefficient (Wildman–Crippen LogP) is 14.3. The molecule has 0 spiro atoms. The van der Waals surface area contributed by atoms with Crippen molar-refractivity contribution in [2.24, 2.45) is 0 Å². The summed E-state index contributed by atoms with van der Waals surface area (Å²) in [5.74, 6) is 0. The second-order valence-corrected chi connectivity index (χ2v) is 13.5. The number of benzene rings is 6. The van der Waals surface area contributed by atoms with Crippen LogP contribution in [0.25, 0.3) is 56.0 Å². The molecule has 0 saturated heterocycles. The van der Waals surface area contributed by atoms with Crippen LogP contribution in [-0.4, -0.2) is 9.52 Å². The van der Waals surface area contributed by atoms with E-state index < -0.39 is 0 Å². The second kappa shape index (κ2) is 21.5. The Bertz CT molecular complexity index is 2080. The molecule has 0 nitrogen and oxygen atoms in total. The summed E-state index contributed by atoms with van der Waals surface area (Å²) in [6.07, 6.45) is 8.31. The monoisotopic (exact) mass is 854 g/mol. The molecule has 0 fully saturated rings. The van der Waals surface area contributed by atoms with Crippen LogP contribution in [0.3, 0.4) is 0 Å². The third-order valence-electron chi connectivity index (χ3n) is 8.25. The van der Waals surface area contributed by atoms with Gasteiger partial charge in [-0.2, -0.15) is 12.1 Å². The fourth-order valence-corrected chi connectivity index (χ4v) is 5.97. The maximum Gasteiger partial charge on any atom is 0.0307 e. The smallest absolute Gasteiger partial charge is 0.0307 e. The number of allylic oxidation sites excluding steroid dienone is 2. The molecule has 0 amide bonds. The van der Waals surface area contributed by atoms with Crippen molar-refractivity contribution in [3.8, 4) is 22.3 Å². The summed E-state index contributed by atoms with van der Waals surface area (Å²) < 4.78 is 0. The second-order valence-electron chi connectivity index (χ2n) is 12.5. The molecule has 0 atom stereocenters. The maximum atomic E-state index is 2.26. The number of fused-ring (bicyclic) bond motifs is 2. The van der Waals surface area contributed by atoms with Gasteiger partial charge in [0, 0.05) is 35.4 Å². The van der Waals surface area contributed by atoms with Gasteiger partial charge in [0.25, 0.3) is 0 Å². The van der Waals surface area contributed by atoms with E-state index in [1.807, 2.05) is 36.4 Å². The van der Waals surface area contributed by atoms with Crippen molar-refractivity contribution >= 4 is 43.2 Å². The molecule has 0 N–H and O–H groups in total. The van der Waals surface area contributed by atoms with Crippen molar-refractivity contribution in [2.75, 3.05) is 0 Å². The molecule has 8 rings (SSSR count). The van der Waals surface area contributed by atoms with Crippen molar-refractivity contribution in [2.45, 2.75) is 26.9 Å². The van der Waals surface area contributed by atoms with E-state index in [4.69, 9.17) is 0 Å². The molecule has 2 radical (unpaired) electrons. The third kappa shape index (κ3) is 11.8. The van der Waals surface area contributed by atoms with Crippen LogP contribution in [0.1, 0.15) is 22.3 Å². The molecule has 256 valence electrons. The summed E-state index contributed by atoms with van der Waals surface area (Å²) in [7, 11) is 1.08. The van der Waals surface area contributed by atoms with Gasteiger partial charge in [-0.15, -0.1) is 69.1 Å². The molecule has 2 heteroatoms. The van der Waals surface area contributed by atoms with E-state index in [1.165, 1.54) is 66.1 Å². The minimum absolute atomic E-state index is 0. The standard InChI is InChI=1S/2C16H13.C16H14.C2H6Si.Hf/c2*1-12-10-14-8-5-9-15(16(14)11-12)13-6-3-2-4-7-13;1-3-9-15(10-4-1)13-7-8-14-16-11-5-2-6-12-16;1-3-2;/h2*2-11H,1H3;1-14H;1-2H3;/q2*-1;;;. The van der Waals surface area contributed by atoms with Crippen molar-refractivity contribution in [3.05, 3.63) is 216 Å². The maximum absolute atomic E-state index is 2.26. The fourth-order valence-electron chi connectivity index (χ4n) is 5.97. The van der Waals surface area contributed by atoms with Gasteiger partial charge in [0.1, 0.15) is 0 Å². The van der Waals surface area contributed by atoms with Crippen molar-refractivity contribution in [3.63, 3.8) is 0 Å². The van der Waals surface area contributed by atoms with Crippen LogP contribution in [0, 0.1) is 13.8 Å². The van der Waals surface area contributed by atoms with E-state index in [1.54, 1.807) is 0 Å². The molecule has 8 aromatic carbocycles. The SMILES string of the molecule is C(C=Cc1ccccc1)=Cc1ccccc1.C[Si]C.Cc1cc2c(-c3ccccc3)cccc2[cH-]1.Cc1cc2c(-c3ccccc3)cccc2[cH-]1.[Hf]. The summed E-state index contributed by atoms with van der Waals surface area (Å²) in [5.41, 5.74) is 10.3. The van der Waals surface area contributed by atoms with E-state index in [9.17, 15) is 0 Å². The van der Waals surface area contributed by atoms with Crippen molar-refractivity contribution < 1.29 is 25.8 Å². The topological polar surface area (TPSA) is 0 Å². The number of aryl methyl sites for hydroxylation is 2. The van der Waals surface area contributed by atoms with Crippen LogP contribution in [0.5, 0.6) is 0 Å². The Morgan fingerprint density at radius 1 is 0.423 bits per heavy atom. The molecule has 0 unspecified atom stereocenters. The Morgan fingerprint density at radius 3 is 1.10 bits per heavy atom. The summed E-state index contributed by atoms with van der Waals surface area (Å²) >= 11 is 0. The molecular weight excluding hydrogens is 807 g/mol. The van der Waals surface area contributed by atoms with E-state index in [2.05, 4.69) is 197 Å². The average molecular weight is 853 g/mol. The molecule has 8 aromatic rings. The van der Waals surface area contributed by atoms with Gasteiger partial charge in [-0.3, -0.25) is 0 Å². The van der Waals surface area contributed by atoms with Gasteiger partial charge >= 0.3 is 0 Å². The molecule has 0 aliphatic heterocycles. The number of rotatable bonds is 5. The van der Waals surface area contributed by atoms with Gasteiger partial charge in [0.15, 0.2) is 0 Å². The van der Waals surface area contributed by atoms with Gasteiger partial charge in [0.2, 0.25) is 0 Å². The zero-order chi connectivity index (χ0) is 35.7. The van der Waals surface area contributed by atoms with Gasteiger partial charge in [-0.25, -0.2) is 0 Å². The summed E-state index contributed by atoms with van der Waals surface area (Å²) in [6, 6.07) is 63.7. The van der Waals surface area contributed by atoms with Crippen LogP contribution in [0.4, 0.5) is 0 Å². The molecule has 52 heavy (non-hydrogen) atoms. The van der Waals surface area contributed by atoms with Crippen LogP contribution in [0.15, 0.2) is 194 Å². The molecular formula is C50H46HfSi-2. The van der Waals surface area contributed by atoms with Gasteiger partial charge in [0.05, 0.1) is 0 Å². The zero-order valence-corrected chi connectivity index (χ0v) is 35.2. The number of hydrogen-bond donors (Lipinski definition) is 0. The van der Waals surface area contributed by atoms with Crippen LogP contribution in [-0.2, 0) is 25.8 Å². The minimum atomic E-state index is 0. The van der Waals surface area contributed by atoms with Crippen molar-refractivity contribution in [1.82, 2.24) is 0 Å². The molecule has 0 aliphatic rings. The van der Waals surface area contributed by atoms with Gasteiger partial charge in [-0.05, 0) is 22.3 Å². The Hall–Kier alpha value is -4.89. The molecule has 0 saturated carbocycles. The summed E-state index contributed by atoms with van der Waals surface area (Å²) in [6.45, 7) is 8.60. The van der Waals surface area contributed by atoms with E-state index in [0.717, 1.165) is 9.52 Å². The van der Waals surface area contributed by atoms with Crippen LogP contribution in [0.2, 0.25) is 13.1 Å². The number of hydrogen-bond acceptors (Lipinski definition) is 0. The Labute approximate surface area is 332 Å². The molecule has 0 bridgehead atoms. The fraction of sp³-hybridized carbons (Fsp3) is 0.0800. The Morgan fingerprint density at radius 2 is 0.750 bits per heavy atom. The zero-order valence-electron chi connectivity index (χ0n) is 30.6. The molecule has 0 heterocycles. The third-order valence-corrected chi connectivity index (χ3v) is 8.25. The van der Waals surface area contributed by atoms with Gasteiger partial charge < -0.3 is 0 Å². The summed E-state index contributed by atoms with van der Waals surface area (Å²) in [5, 5.41) is 5.37. The first-order chi connectivity index (χ1) is 25.1. The first-order valence-corrected chi connectivity index (χ1v) is 19.5. The molecule has 0 aromatic heterocycles. The van der Waals surface area contributed by atoms with E-state index in [0.29, 0.717) is 0 Å². The molecule has 0 aliphatic carbocycles. The Balaban J connectivity index is 0.000000166. The first kappa shape index (κ1) is 39.9. The first-order valence-electron chi connectivity index (χ1n) is 17.5. The van der Waals surface area contributed by atoms with Crippen molar-refractivity contribution in [1.29, 1.82) is 0 Å². The van der Waals surface area contributed by atoms with E-state index >= 15 is 0 Å². The van der Waals surface area contributed by atoms with Crippen LogP contribution >= 0.6 is 0 Å². The normalized spacial score (nSPS) is 10.5. The van der Waals surface area contributed by atoms with E-state index in [-0.39, 0.29) is 25.8 Å². The largest absolute Gasteiger partial charge is 0.165 e. The quantitative estimate of drug-likeness (QED) is 0.0919.